The Hall–Kier alpha value is -2.44. The second-order valence-electron chi connectivity index (χ2n) is 5.72. The number of hydrogen-bond donors (Lipinski definition) is 1. The number of nitrogens with one attached hydrogen (secondary N) is 1. The quantitative estimate of drug-likeness (QED) is 0.688. The van der Waals surface area contributed by atoms with Gasteiger partial charge in [0.05, 0.1) is 24.3 Å². The normalized spacial score (nSPS) is 16.6. The molecule has 1 saturated heterocycles. The SMILES string of the molecule is CCCOc1ccc(/C=C2\SC(=Nc3ccc(Cl)cc3)NC2=O)cc1OC. The maximum absolute atomic E-state index is 12.2. The van der Waals surface area contributed by atoms with Crippen molar-refractivity contribution in [3.05, 3.63) is 58.0 Å². The molecule has 1 aliphatic rings. The molecule has 2 aromatic rings. The lowest BCUT2D eigenvalue weighted by Gasteiger charge is -2.10. The van der Waals surface area contributed by atoms with Gasteiger partial charge in [0.25, 0.3) is 5.91 Å². The van der Waals surface area contributed by atoms with E-state index in [1.165, 1.54) is 11.8 Å². The molecule has 1 heterocycles. The van der Waals surface area contributed by atoms with Crippen molar-refractivity contribution in [1.29, 1.82) is 0 Å². The van der Waals surface area contributed by atoms with Crippen LogP contribution in [0.25, 0.3) is 6.08 Å². The highest BCUT2D eigenvalue weighted by Gasteiger charge is 2.24. The molecule has 140 valence electrons. The highest BCUT2D eigenvalue weighted by molar-refractivity contribution is 8.18. The van der Waals surface area contributed by atoms with E-state index in [9.17, 15) is 4.79 Å². The lowest BCUT2D eigenvalue weighted by Crippen LogP contribution is -2.19. The van der Waals surface area contributed by atoms with Gasteiger partial charge >= 0.3 is 0 Å². The number of halogens is 1. The van der Waals surface area contributed by atoms with Crippen LogP contribution < -0.4 is 14.8 Å². The number of ether oxygens (including phenoxy) is 2. The van der Waals surface area contributed by atoms with Gasteiger partial charge in [0.15, 0.2) is 16.7 Å². The minimum absolute atomic E-state index is 0.182. The largest absolute Gasteiger partial charge is 0.493 e. The monoisotopic (exact) mass is 402 g/mol. The lowest BCUT2D eigenvalue weighted by atomic mass is 10.2. The van der Waals surface area contributed by atoms with E-state index in [0.29, 0.717) is 33.2 Å². The zero-order valence-electron chi connectivity index (χ0n) is 15.0. The number of rotatable bonds is 6. The molecule has 0 spiro atoms. The highest BCUT2D eigenvalue weighted by Crippen LogP contribution is 2.32. The van der Waals surface area contributed by atoms with Crippen LogP contribution >= 0.6 is 23.4 Å². The number of amides is 1. The summed E-state index contributed by atoms with van der Waals surface area (Å²) in [5, 5.41) is 3.94. The number of benzene rings is 2. The third-order valence-electron chi connectivity index (χ3n) is 3.66. The van der Waals surface area contributed by atoms with Crippen LogP contribution in [0.3, 0.4) is 0 Å². The fraction of sp³-hybridized carbons (Fsp3) is 0.200. The van der Waals surface area contributed by atoms with Crippen molar-refractivity contribution in [3.8, 4) is 11.5 Å². The molecule has 0 atom stereocenters. The summed E-state index contributed by atoms with van der Waals surface area (Å²) in [5.74, 6) is 1.14. The molecule has 7 heteroatoms. The fourth-order valence-corrected chi connectivity index (χ4v) is 3.34. The molecule has 0 bridgehead atoms. The van der Waals surface area contributed by atoms with Gasteiger partial charge < -0.3 is 14.8 Å². The summed E-state index contributed by atoms with van der Waals surface area (Å²) < 4.78 is 11.0. The summed E-state index contributed by atoms with van der Waals surface area (Å²) >= 11 is 7.17. The Morgan fingerprint density at radius 2 is 1.96 bits per heavy atom. The van der Waals surface area contributed by atoms with E-state index in [4.69, 9.17) is 21.1 Å². The standard InChI is InChI=1S/C20H19ClN2O3S/c1-3-10-26-16-9-4-13(11-17(16)25-2)12-18-19(24)23-20(27-18)22-15-7-5-14(21)6-8-15/h4-9,11-12H,3,10H2,1-2H3,(H,22,23,24)/b18-12-. The topological polar surface area (TPSA) is 59.9 Å². The Bertz CT molecular complexity index is 895. The molecule has 1 amide bonds. The molecule has 0 unspecified atom stereocenters. The summed E-state index contributed by atoms with van der Waals surface area (Å²) in [4.78, 5) is 17.2. The number of carbonyl (C=O) groups is 1. The van der Waals surface area contributed by atoms with Crippen molar-refractivity contribution < 1.29 is 14.3 Å². The maximum Gasteiger partial charge on any atom is 0.264 e. The summed E-state index contributed by atoms with van der Waals surface area (Å²) in [6, 6.07) is 12.7. The van der Waals surface area contributed by atoms with E-state index in [1.54, 1.807) is 37.5 Å². The predicted molar refractivity (Wildman–Crippen MR) is 111 cm³/mol. The third kappa shape index (κ3) is 5.05. The number of methoxy groups -OCH3 is 1. The van der Waals surface area contributed by atoms with E-state index in [0.717, 1.165) is 17.7 Å². The summed E-state index contributed by atoms with van der Waals surface area (Å²) in [7, 11) is 1.60. The van der Waals surface area contributed by atoms with E-state index in [1.807, 2.05) is 25.1 Å². The molecule has 0 aromatic heterocycles. The highest BCUT2D eigenvalue weighted by atomic mass is 35.5. The van der Waals surface area contributed by atoms with E-state index in [-0.39, 0.29) is 5.91 Å². The second-order valence-corrected chi connectivity index (χ2v) is 7.18. The summed E-state index contributed by atoms with van der Waals surface area (Å²) in [6.45, 7) is 2.67. The molecule has 2 aromatic carbocycles. The average Bonchev–Trinajstić information content (AvgIpc) is 3.01. The van der Waals surface area contributed by atoms with Gasteiger partial charge in [0.1, 0.15) is 0 Å². The van der Waals surface area contributed by atoms with Crippen molar-refractivity contribution in [2.45, 2.75) is 13.3 Å². The molecule has 0 radical (unpaired) electrons. The van der Waals surface area contributed by atoms with Gasteiger partial charge in [-0.15, -0.1) is 0 Å². The van der Waals surface area contributed by atoms with Crippen LogP contribution in [0.4, 0.5) is 5.69 Å². The number of amidine groups is 1. The third-order valence-corrected chi connectivity index (χ3v) is 4.82. The predicted octanol–water partition coefficient (Wildman–Crippen LogP) is 5.03. The van der Waals surface area contributed by atoms with Gasteiger partial charge in [0.2, 0.25) is 0 Å². The van der Waals surface area contributed by atoms with Gasteiger partial charge in [-0.25, -0.2) is 4.99 Å². The van der Waals surface area contributed by atoms with E-state index < -0.39 is 0 Å². The van der Waals surface area contributed by atoms with Crippen molar-refractivity contribution in [1.82, 2.24) is 5.32 Å². The molecule has 1 aliphatic heterocycles. The first-order chi connectivity index (χ1) is 13.1. The van der Waals surface area contributed by atoms with Gasteiger partial charge in [0, 0.05) is 5.02 Å². The van der Waals surface area contributed by atoms with E-state index >= 15 is 0 Å². The number of carbonyl (C=O) groups excluding carboxylic acids is 1. The Balaban J connectivity index is 1.78. The number of nitrogens with zero attached hydrogens (tertiary/aromatic N) is 1. The Morgan fingerprint density at radius 3 is 2.67 bits per heavy atom. The molecule has 0 saturated carbocycles. The van der Waals surface area contributed by atoms with Crippen molar-refractivity contribution in [2.24, 2.45) is 4.99 Å². The smallest absolute Gasteiger partial charge is 0.264 e. The molecular weight excluding hydrogens is 384 g/mol. The van der Waals surface area contributed by atoms with Crippen LogP contribution in [-0.2, 0) is 4.79 Å². The molecule has 1 fully saturated rings. The first-order valence-electron chi connectivity index (χ1n) is 8.45. The van der Waals surface area contributed by atoms with Crippen molar-refractivity contribution in [2.75, 3.05) is 13.7 Å². The van der Waals surface area contributed by atoms with Crippen LogP contribution in [0.15, 0.2) is 52.4 Å². The first-order valence-corrected chi connectivity index (χ1v) is 9.64. The number of thioether (sulfide) groups is 1. The lowest BCUT2D eigenvalue weighted by molar-refractivity contribution is -0.115. The Labute approximate surface area is 167 Å². The van der Waals surface area contributed by atoms with Crippen LogP contribution in [-0.4, -0.2) is 24.8 Å². The Kier molecular flexibility index (Phi) is 6.42. The van der Waals surface area contributed by atoms with Crippen molar-refractivity contribution in [3.63, 3.8) is 0 Å². The maximum atomic E-state index is 12.2. The minimum Gasteiger partial charge on any atom is -0.493 e. The molecule has 1 N–H and O–H groups in total. The van der Waals surface area contributed by atoms with Crippen LogP contribution in [0, 0.1) is 0 Å². The van der Waals surface area contributed by atoms with E-state index in [2.05, 4.69) is 10.3 Å². The molecule has 5 nitrogen and oxygen atoms in total. The molecule has 27 heavy (non-hydrogen) atoms. The van der Waals surface area contributed by atoms with Crippen LogP contribution in [0.5, 0.6) is 11.5 Å². The second kappa shape index (κ2) is 8.97. The van der Waals surface area contributed by atoms with Crippen LogP contribution in [0.2, 0.25) is 5.02 Å². The van der Waals surface area contributed by atoms with Gasteiger partial charge in [-0.1, -0.05) is 24.6 Å². The van der Waals surface area contributed by atoms with Gasteiger partial charge in [-0.3, -0.25) is 4.79 Å². The molecular formula is C20H19ClN2O3S. The van der Waals surface area contributed by atoms with Gasteiger partial charge in [-0.2, -0.15) is 0 Å². The number of hydrogen-bond acceptors (Lipinski definition) is 5. The minimum atomic E-state index is -0.182. The summed E-state index contributed by atoms with van der Waals surface area (Å²) in [6.07, 6.45) is 2.72. The van der Waals surface area contributed by atoms with Crippen molar-refractivity contribution >= 4 is 46.2 Å². The van der Waals surface area contributed by atoms with Gasteiger partial charge in [-0.05, 0) is 66.2 Å². The first kappa shape index (κ1) is 19.3. The summed E-state index contributed by atoms with van der Waals surface area (Å²) in [5.41, 5.74) is 1.57. The Morgan fingerprint density at radius 1 is 1.19 bits per heavy atom. The number of aliphatic imine (C=N–C) groups is 1. The zero-order chi connectivity index (χ0) is 19.2. The van der Waals surface area contributed by atoms with Crippen LogP contribution in [0.1, 0.15) is 18.9 Å². The fourth-order valence-electron chi connectivity index (χ4n) is 2.37. The average molecular weight is 403 g/mol. The molecule has 0 aliphatic carbocycles. The molecule has 3 rings (SSSR count). The zero-order valence-corrected chi connectivity index (χ0v) is 16.6.